The second-order valence-corrected chi connectivity index (χ2v) is 20.3. The maximum Gasteiger partial charge on any atom is 0.172 e. The molecule has 45 heavy (non-hydrogen) atoms. The molecular formula is C39H74O6. The van der Waals surface area contributed by atoms with E-state index in [1.807, 2.05) is 6.92 Å². The minimum absolute atomic E-state index is 0.0108. The molecular weight excluding hydrogens is 564 g/mol. The molecule has 6 atom stereocenters. The number of ether oxygens (including phenoxy) is 6. The predicted molar refractivity (Wildman–Crippen MR) is 184 cm³/mol. The first-order chi connectivity index (χ1) is 19.4. The Morgan fingerprint density at radius 3 is 1.36 bits per heavy atom. The first kappa shape index (κ1) is 39.2. The first-order valence-electron chi connectivity index (χ1n) is 17.4. The lowest BCUT2D eigenvalue weighted by molar-refractivity contribution is -0.497. The van der Waals surface area contributed by atoms with Crippen LogP contribution in [0.2, 0.25) is 0 Å². The zero-order chi connectivity index (χ0) is 35.9. The summed E-state index contributed by atoms with van der Waals surface area (Å²) in [5, 5.41) is 0. The molecule has 6 nitrogen and oxygen atoms in total. The lowest BCUT2D eigenvalue weighted by Crippen LogP contribution is -2.80. The van der Waals surface area contributed by atoms with Crippen molar-refractivity contribution < 1.29 is 28.4 Å². The molecule has 0 aromatic rings. The summed E-state index contributed by atoms with van der Waals surface area (Å²) in [6.07, 6.45) is -0.324. The summed E-state index contributed by atoms with van der Waals surface area (Å²) in [6.45, 7) is 51.4. The van der Waals surface area contributed by atoms with E-state index < -0.39 is 45.0 Å². The molecule has 0 bridgehead atoms. The summed E-state index contributed by atoms with van der Waals surface area (Å²) in [7, 11) is 1.73. The van der Waals surface area contributed by atoms with Crippen molar-refractivity contribution in [3.63, 3.8) is 0 Å². The van der Waals surface area contributed by atoms with E-state index in [-0.39, 0.29) is 39.3 Å². The quantitative estimate of drug-likeness (QED) is 0.299. The van der Waals surface area contributed by atoms with Crippen molar-refractivity contribution in [1.82, 2.24) is 0 Å². The van der Waals surface area contributed by atoms with Gasteiger partial charge in [-0.3, -0.25) is 0 Å². The van der Waals surface area contributed by atoms with E-state index in [0.717, 1.165) is 0 Å². The van der Waals surface area contributed by atoms with Crippen LogP contribution < -0.4 is 0 Å². The highest BCUT2D eigenvalue weighted by molar-refractivity contribution is 5.20. The maximum absolute atomic E-state index is 7.58. The van der Waals surface area contributed by atoms with Gasteiger partial charge in [-0.2, -0.15) is 0 Å². The van der Waals surface area contributed by atoms with Crippen LogP contribution in [0.5, 0.6) is 0 Å². The molecule has 3 fully saturated rings. The van der Waals surface area contributed by atoms with Crippen LogP contribution in [0.4, 0.5) is 0 Å². The lowest BCUT2D eigenvalue weighted by atomic mass is 9.48. The molecule has 3 aliphatic rings. The number of hydrogen-bond acceptors (Lipinski definition) is 6. The molecule has 266 valence electrons. The second-order valence-electron chi connectivity index (χ2n) is 20.3. The number of methoxy groups -OCH3 is 1. The van der Waals surface area contributed by atoms with Crippen LogP contribution in [0.25, 0.3) is 0 Å². The van der Waals surface area contributed by atoms with E-state index in [1.54, 1.807) is 7.11 Å². The highest BCUT2D eigenvalue weighted by Gasteiger charge is 2.76. The van der Waals surface area contributed by atoms with Gasteiger partial charge in [-0.05, 0) is 73.1 Å². The molecule has 3 saturated heterocycles. The molecule has 6 unspecified atom stereocenters. The van der Waals surface area contributed by atoms with E-state index in [2.05, 4.69) is 152 Å². The molecule has 6 heteroatoms. The Morgan fingerprint density at radius 2 is 0.911 bits per heavy atom. The van der Waals surface area contributed by atoms with Gasteiger partial charge in [0, 0.05) is 34.2 Å². The molecule has 3 aliphatic heterocycles. The normalized spacial score (nSPS) is 45.1. The van der Waals surface area contributed by atoms with Crippen molar-refractivity contribution in [2.75, 3.05) is 7.11 Å². The van der Waals surface area contributed by atoms with Crippen molar-refractivity contribution in [2.24, 2.45) is 37.9 Å². The zero-order valence-corrected chi connectivity index (χ0v) is 34.1. The minimum Gasteiger partial charge on any atom is -0.353 e. The maximum atomic E-state index is 7.58. The van der Waals surface area contributed by atoms with Crippen molar-refractivity contribution in [2.45, 2.75) is 206 Å². The van der Waals surface area contributed by atoms with Crippen LogP contribution >= 0.6 is 0 Å². The molecule has 0 N–H and O–H groups in total. The molecule has 0 amide bonds. The van der Waals surface area contributed by atoms with E-state index >= 15 is 0 Å². The van der Waals surface area contributed by atoms with E-state index in [9.17, 15) is 0 Å². The number of rotatable bonds is 5. The van der Waals surface area contributed by atoms with Gasteiger partial charge in [0.25, 0.3) is 0 Å². The number of hydrogen-bond donors (Lipinski definition) is 0. The van der Waals surface area contributed by atoms with Gasteiger partial charge in [0.05, 0.1) is 23.4 Å². The van der Waals surface area contributed by atoms with Crippen molar-refractivity contribution in [3.8, 4) is 0 Å². The van der Waals surface area contributed by atoms with Crippen LogP contribution in [0.3, 0.4) is 0 Å². The highest BCUT2D eigenvalue weighted by Crippen LogP contribution is 2.70. The summed E-state index contributed by atoms with van der Waals surface area (Å²) in [5.74, 6) is -2.68. The summed E-state index contributed by atoms with van der Waals surface area (Å²) in [6, 6.07) is 0. The second kappa shape index (κ2) is 9.93. The highest BCUT2D eigenvalue weighted by atomic mass is 16.8. The summed E-state index contributed by atoms with van der Waals surface area (Å²) < 4.78 is 42.3. The van der Waals surface area contributed by atoms with Gasteiger partial charge in [-0.25, -0.2) is 0 Å². The predicted octanol–water partition coefficient (Wildman–Crippen LogP) is 10.2. The SMILES string of the molecule is COC1(C)OC(C)(C)C(OC2(C)OC(C)(C)C(C)(OC3(C)OC(C)C(C)(C)C(C)(C)C3(C)C)C(C)(C)C2(C)C)C(C)(C)C1(C)C. The van der Waals surface area contributed by atoms with Gasteiger partial charge in [0.1, 0.15) is 5.60 Å². The molecule has 0 aliphatic carbocycles. The van der Waals surface area contributed by atoms with Crippen molar-refractivity contribution in [1.29, 1.82) is 0 Å². The summed E-state index contributed by atoms with van der Waals surface area (Å²) >= 11 is 0. The van der Waals surface area contributed by atoms with E-state index in [0.29, 0.717) is 0 Å². The van der Waals surface area contributed by atoms with Gasteiger partial charge >= 0.3 is 0 Å². The fourth-order valence-electron chi connectivity index (χ4n) is 9.38. The van der Waals surface area contributed by atoms with E-state index in [4.69, 9.17) is 28.4 Å². The van der Waals surface area contributed by atoms with Gasteiger partial charge < -0.3 is 28.4 Å². The summed E-state index contributed by atoms with van der Waals surface area (Å²) in [4.78, 5) is 0. The molecule has 3 rings (SSSR count). The summed E-state index contributed by atoms with van der Waals surface area (Å²) in [5.41, 5.74) is -4.44. The Bertz CT molecular complexity index is 1160. The molecule has 0 spiro atoms. The largest absolute Gasteiger partial charge is 0.353 e. The van der Waals surface area contributed by atoms with Gasteiger partial charge in [0.2, 0.25) is 0 Å². The molecule has 0 aromatic carbocycles. The molecule has 0 aromatic heterocycles. The minimum atomic E-state index is -0.999. The van der Waals surface area contributed by atoms with Crippen LogP contribution in [0, 0.1) is 37.9 Å². The Labute approximate surface area is 278 Å². The van der Waals surface area contributed by atoms with Crippen molar-refractivity contribution >= 4 is 0 Å². The average Bonchev–Trinajstić information content (AvgIpc) is 2.83. The van der Waals surface area contributed by atoms with Crippen LogP contribution in [-0.4, -0.2) is 53.5 Å². The third-order valence-electron chi connectivity index (χ3n) is 16.8. The fraction of sp³-hybridized carbons (Fsp3) is 1.00. The van der Waals surface area contributed by atoms with Gasteiger partial charge in [-0.1, -0.05) is 96.9 Å². The van der Waals surface area contributed by atoms with Crippen LogP contribution in [0.1, 0.15) is 159 Å². The Hall–Kier alpha value is -0.240. The van der Waals surface area contributed by atoms with Crippen molar-refractivity contribution in [3.05, 3.63) is 0 Å². The monoisotopic (exact) mass is 639 g/mol. The standard InChI is InChI=1S/C39H74O6/c1-25-27(2,3)30(8,9)33(14,15)38(22,41-25)45-36(20)32(12,13)34(16,17)39(23,44-35(36,18)19)42-26-28(4,5)31(10,11)37(21,40-24)43-29(26,6)7/h25-26H,1-24H3. The zero-order valence-electron chi connectivity index (χ0n) is 34.1. The smallest absolute Gasteiger partial charge is 0.172 e. The Morgan fingerprint density at radius 1 is 0.467 bits per heavy atom. The molecule has 0 saturated carbocycles. The third kappa shape index (κ3) is 4.53. The molecule has 3 heterocycles. The first-order valence-corrected chi connectivity index (χ1v) is 17.4. The Balaban J connectivity index is 2.16. The Kier molecular flexibility index (Phi) is 8.65. The fourth-order valence-corrected chi connectivity index (χ4v) is 9.38. The topological polar surface area (TPSA) is 55.4 Å². The van der Waals surface area contributed by atoms with Gasteiger partial charge in [-0.15, -0.1) is 0 Å². The van der Waals surface area contributed by atoms with Gasteiger partial charge in [0.15, 0.2) is 17.4 Å². The lowest BCUT2D eigenvalue weighted by Gasteiger charge is -2.73. The van der Waals surface area contributed by atoms with Crippen LogP contribution in [0.15, 0.2) is 0 Å². The van der Waals surface area contributed by atoms with Crippen LogP contribution in [-0.2, 0) is 28.4 Å². The molecule has 0 radical (unpaired) electrons. The third-order valence-corrected chi connectivity index (χ3v) is 16.8. The average molecular weight is 639 g/mol. The van der Waals surface area contributed by atoms with E-state index in [1.165, 1.54) is 0 Å².